The van der Waals surface area contributed by atoms with Crippen LogP contribution in [0.25, 0.3) is 0 Å². The molecule has 15 rings (SSSR count). The summed E-state index contributed by atoms with van der Waals surface area (Å²) in [6.45, 7) is 42.9. The third-order valence-corrected chi connectivity index (χ3v) is 32.2. The lowest BCUT2D eigenvalue weighted by Gasteiger charge is -2.64. The van der Waals surface area contributed by atoms with Crippen molar-refractivity contribution in [3.05, 3.63) is 35.9 Å². The number of morpholine rings is 2. The number of fused-ring (bicyclic) bond motifs is 8. The van der Waals surface area contributed by atoms with Gasteiger partial charge in [0.1, 0.15) is 12.2 Å². The van der Waals surface area contributed by atoms with Crippen molar-refractivity contribution in [2.75, 3.05) is 52.6 Å². The Morgan fingerprint density at radius 2 is 1.02 bits per heavy atom. The summed E-state index contributed by atoms with van der Waals surface area (Å²) in [5.41, 5.74) is 0.508. The highest BCUT2D eigenvalue weighted by atomic mass is 16.7. The standard InChI is InChI=1S/C43H67NO6.C36H61NO6/c1-9-47-37(39(5,6)46)29-23-27(2)34-35(49-29)36(45)41(8)31-16-15-30-38(3,4)32(17-18-42(30)26-43(31,42)20-19-40(34,41)7)50-33-25-44(21-22-48-33)24-28-13-11-10-12-14-28;1-9-40-30(32(5,6)39)22-18-21(2)27-28(42-22)29(38)34(8)24-11-10-23-31(3,4)25(43-26-19-37-16-17-41-26)12-13-35(23)20-36(24,35)15-14-33(27,34)7/h10-14,27,29-37,45-46H,9,15-26H2,1-8H3;21-30,37-39H,9-20H2,1-8H3/t27-,29-,30+,31+,32+,33+,34+,35+,36+,37+,40-,41-,42-,43?;21-,22-,23+,24+,25+,26+,27+,28+,29+,30+,33-,34-,35-,36?/m11/s1. The topological polar surface area (TPSA) is 170 Å². The summed E-state index contributed by atoms with van der Waals surface area (Å²) in [6.07, 6.45) is 16.2. The first kappa shape index (κ1) is 68.8. The first-order valence-electron chi connectivity index (χ1n) is 38.2. The molecule has 2 unspecified atom stereocenters. The van der Waals surface area contributed by atoms with Crippen LogP contribution in [0.2, 0.25) is 0 Å². The van der Waals surface area contributed by atoms with E-state index in [-0.39, 0.29) is 81.7 Å². The van der Waals surface area contributed by atoms with E-state index in [0.29, 0.717) is 82.2 Å². The molecule has 4 aliphatic heterocycles. The molecule has 4 saturated heterocycles. The van der Waals surface area contributed by atoms with Crippen LogP contribution in [0.1, 0.15) is 219 Å². The number of ether oxygens (including phenoxy) is 8. The Hall–Kier alpha value is -1.34. The van der Waals surface area contributed by atoms with Crippen molar-refractivity contribution >= 4 is 0 Å². The van der Waals surface area contributed by atoms with Crippen molar-refractivity contribution in [2.45, 2.75) is 305 Å². The Balaban J connectivity index is 0.000000163. The average Bonchev–Trinajstić information content (AvgIpc) is 1.47. The minimum atomic E-state index is -1.01. The zero-order chi connectivity index (χ0) is 66.3. The molecule has 0 radical (unpaired) electrons. The first-order valence-corrected chi connectivity index (χ1v) is 38.2. The van der Waals surface area contributed by atoms with Crippen LogP contribution < -0.4 is 5.32 Å². The number of nitrogens with one attached hydrogen (secondary N) is 1. The summed E-state index contributed by atoms with van der Waals surface area (Å²) in [7, 11) is 0. The van der Waals surface area contributed by atoms with Crippen LogP contribution in [0.3, 0.4) is 0 Å². The van der Waals surface area contributed by atoms with Gasteiger partial charge in [-0.05, 0) is 241 Å². The van der Waals surface area contributed by atoms with Crippen LogP contribution in [0, 0.1) is 101 Å². The molecule has 14 nitrogen and oxygen atoms in total. The van der Waals surface area contributed by atoms with Gasteiger partial charge in [-0.1, -0.05) is 99.6 Å². The van der Waals surface area contributed by atoms with Gasteiger partial charge in [0, 0.05) is 56.8 Å². The highest BCUT2D eigenvalue weighted by Gasteiger charge is 2.87. The Kier molecular flexibility index (Phi) is 17.5. The highest BCUT2D eigenvalue weighted by Crippen LogP contribution is 2.91. The molecule has 28 atom stereocenters. The lowest BCUT2D eigenvalue weighted by Crippen LogP contribution is -2.60. The minimum Gasteiger partial charge on any atom is -0.390 e. The maximum Gasteiger partial charge on any atom is 0.170 e. The quantitative estimate of drug-likeness (QED) is 0.119. The largest absolute Gasteiger partial charge is 0.390 e. The molecular formula is C79H128N2O12. The van der Waals surface area contributed by atoms with Gasteiger partial charge in [0.25, 0.3) is 0 Å². The Morgan fingerprint density at radius 1 is 0.581 bits per heavy atom. The van der Waals surface area contributed by atoms with Gasteiger partial charge in [-0.3, -0.25) is 4.90 Å². The van der Waals surface area contributed by atoms with Crippen molar-refractivity contribution in [2.24, 2.45) is 101 Å². The smallest absolute Gasteiger partial charge is 0.170 e. The number of aliphatic hydroxyl groups excluding tert-OH is 2. The van der Waals surface area contributed by atoms with Gasteiger partial charge in [0.15, 0.2) is 12.6 Å². The van der Waals surface area contributed by atoms with Crippen molar-refractivity contribution < 1.29 is 58.3 Å². The highest BCUT2D eigenvalue weighted by molar-refractivity contribution is 5.35. The second kappa shape index (κ2) is 23.6. The van der Waals surface area contributed by atoms with Crippen LogP contribution >= 0.6 is 0 Å². The lowest BCUT2D eigenvalue weighted by atomic mass is 9.41. The van der Waals surface area contributed by atoms with E-state index in [1.807, 2.05) is 41.5 Å². The molecule has 10 aliphatic carbocycles. The van der Waals surface area contributed by atoms with E-state index in [4.69, 9.17) is 37.9 Å². The molecule has 14 aliphatic rings. The Morgan fingerprint density at radius 3 is 1.46 bits per heavy atom. The molecule has 0 bridgehead atoms. The summed E-state index contributed by atoms with van der Waals surface area (Å²) in [6, 6.07) is 10.8. The molecule has 4 spiro atoms. The van der Waals surface area contributed by atoms with Crippen molar-refractivity contribution in [3.63, 3.8) is 0 Å². The maximum atomic E-state index is 12.6. The van der Waals surface area contributed by atoms with Crippen molar-refractivity contribution in [1.82, 2.24) is 10.2 Å². The number of benzene rings is 1. The molecule has 4 heterocycles. The van der Waals surface area contributed by atoms with Gasteiger partial charge < -0.3 is 63.6 Å². The molecule has 93 heavy (non-hydrogen) atoms. The molecule has 0 amide bonds. The monoisotopic (exact) mass is 1300 g/mol. The van der Waals surface area contributed by atoms with Crippen LogP contribution in [0.4, 0.5) is 0 Å². The Labute approximate surface area is 560 Å². The van der Waals surface area contributed by atoms with Crippen molar-refractivity contribution in [1.29, 1.82) is 0 Å². The van der Waals surface area contributed by atoms with E-state index in [1.54, 1.807) is 0 Å². The zero-order valence-electron chi connectivity index (χ0n) is 60.6. The zero-order valence-corrected chi connectivity index (χ0v) is 60.6. The second-order valence-corrected chi connectivity index (χ2v) is 37.4. The summed E-state index contributed by atoms with van der Waals surface area (Å²) >= 11 is 0. The van der Waals surface area contributed by atoms with Crippen LogP contribution in [0.15, 0.2) is 30.3 Å². The van der Waals surface area contributed by atoms with Gasteiger partial charge in [0.2, 0.25) is 0 Å². The van der Waals surface area contributed by atoms with E-state index in [2.05, 4.69) is 110 Å². The normalized spacial score (nSPS) is 51.4. The third kappa shape index (κ3) is 10.0. The van der Waals surface area contributed by atoms with Crippen LogP contribution in [-0.2, 0) is 44.4 Å². The van der Waals surface area contributed by atoms with Gasteiger partial charge in [-0.25, -0.2) is 0 Å². The lowest BCUT2D eigenvalue weighted by molar-refractivity contribution is -0.249. The predicted octanol–water partition coefficient (Wildman–Crippen LogP) is 12.5. The molecule has 5 N–H and O–H groups in total. The van der Waals surface area contributed by atoms with E-state index < -0.39 is 35.6 Å². The molecular weight excluding hydrogens is 1170 g/mol. The van der Waals surface area contributed by atoms with Crippen LogP contribution in [-0.4, -0.2) is 163 Å². The van der Waals surface area contributed by atoms with Gasteiger partial charge >= 0.3 is 0 Å². The van der Waals surface area contributed by atoms with Gasteiger partial charge in [0.05, 0.1) is 73.2 Å². The number of nitrogens with zero attached hydrogens (tertiary/aromatic N) is 1. The molecule has 1 aromatic carbocycles. The molecule has 526 valence electrons. The van der Waals surface area contributed by atoms with Crippen molar-refractivity contribution in [3.8, 4) is 0 Å². The first-order chi connectivity index (χ1) is 43.8. The van der Waals surface area contributed by atoms with E-state index in [1.165, 1.54) is 82.6 Å². The SMILES string of the molecule is CCO[C@@H]([C@H]1C[C@@H](C)[C@H]2[C@H](O1)[C@H](O)[C@@]1(C)[C@@H]3CC[C@H]4C(C)(C)[C@@H](O[C@H]5CN(Cc6ccccc6)CCO5)CC[C@@]45CC35CC[C@]21C)C(C)(C)O.CCO[C@@H]([C@H]1C[C@@H](C)[C@H]2[C@H](O1)[C@H](O)[C@@]1(C)[C@@H]3CC[C@H]4C(C)(C)[C@@H](O[C@H]5CNCCO5)CC[C@@]45CC35CC[C@]21C)C(C)(C)O. The summed E-state index contributed by atoms with van der Waals surface area (Å²) in [5.74, 6) is 3.71. The second-order valence-electron chi connectivity index (χ2n) is 37.4. The molecule has 10 saturated carbocycles. The molecule has 1 aromatic rings. The van der Waals surface area contributed by atoms with Crippen LogP contribution in [0.5, 0.6) is 0 Å². The molecule has 0 aromatic heterocycles. The fourth-order valence-electron chi connectivity index (χ4n) is 28.1. The molecule has 14 heteroatoms. The summed E-state index contributed by atoms with van der Waals surface area (Å²) < 4.78 is 52.1. The number of hydrogen-bond acceptors (Lipinski definition) is 14. The number of aliphatic hydroxyl groups is 4. The number of rotatable bonds is 14. The third-order valence-electron chi connectivity index (χ3n) is 32.2. The molecule has 14 fully saturated rings. The van der Waals surface area contributed by atoms with E-state index in [0.717, 1.165) is 71.6 Å². The van der Waals surface area contributed by atoms with E-state index >= 15 is 0 Å². The summed E-state index contributed by atoms with van der Waals surface area (Å²) in [5, 5.41) is 50.7. The Bertz CT molecular complexity index is 2840. The fourth-order valence-corrected chi connectivity index (χ4v) is 28.1. The average molecular weight is 1300 g/mol. The minimum absolute atomic E-state index is 0.0175. The maximum absolute atomic E-state index is 12.6. The fraction of sp³-hybridized carbons (Fsp3) is 0.924. The number of hydrogen-bond donors (Lipinski definition) is 5. The van der Waals surface area contributed by atoms with Gasteiger partial charge in [-0.2, -0.15) is 0 Å². The summed E-state index contributed by atoms with van der Waals surface area (Å²) in [4.78, 5) is 2.49. The predicted molar refractivity (Wildman–Crippen MR) is 359 cm³/mol. The van der Waals surface area contributed by atoms with Gasteiger partial charge in [-0.15, -0.1) is 0 Å². The van der Waals surface area contributed by atoms with E-state index in [9.17, 15) is 20.4 Å².